The molecule has 0 bridgehead atoms. The van der Waals surface area contributed by atoms with Crippen molar-refractivity contribution in [3.8, 4) is 0 Å². The fourth-order valence-corrected chi connectivity index (χ4v) is 4.01. The smallest absolute Gasteiger partial charge is 0.343 e. The summed E-state index contributed by atoms with van der Waals surface area (Å²) in [5.41, 5.74) is 1.71. The second-order valence-corrected chi connectivity index (χ2v) is 7.37. The van der Waals surface area contributed by atoms with Gasteiger partial charge in [-0.25, -0.2) is 9.78 Å². The minimum Gasteiger partial charge on any atom is -0.462 e. The quantitative estimate of drug-likeness (QED) is 0.624. The van der Waals surface area contributed by atoms with E-state index in [-0.39, 0.29) is 23.6 Å². The third-order valence-corrected chi connectivity index (χ3v) is 5.48. The van der Waals surface area contributed by atoms with Crippen LogP contribution in [-0.2, 0) is 11.3 Å². The van der Waals surface area contributed by atoms with Gasteiger partial charge in [-0.05, 0) is 37.5 Å². The Morgan fingerprint density at radius 2 is 1.90 bits per heavy atom. The minimum atomic E-state index is -0.571. The Morgan fingerprint density at radius 1 is 1.14 bits per heavy atom. The van der Waals surface area contributed by atoms with Gasteiger partial charge in [0.25, 0.3) is 0 Å². The molecule has 0 spiro atoms. The molecule has 3 aromatic rings. The lowest BCUT2D eigenvalue weighted by Gasteiger charge is -2.33. The highest BCUT2D eigenvalue weighted by molar-refractivity contribution is 5.93. The number of fused-ring (bicyclic) bond motifs is 1. The summed E-state index contributed by atoms with van der Waals surface area (Å²) in [4.78, 5) is 32.0. The van der Waals surface area contributed by atoms with Crippen molar-refractivity contribution in [3.63, 3.8) is 0 Å². The van der Waals surface area contributed by atoms with Crippen LogP contribution in [0.5, 0.6) is 0 Å². The first-order valence-corrected chi connectivity index (χ1v) is 10.1. The largest absolute Gasteiger partial charge is 0.462 e. The van der Waals surface area contributed by atoms with Gasteiger partial charge in [-0.3, -0.25) is 9.69 Å². The molecule has 1 fully saturated rings. The summed E-state index contributed by atoms with van der Waals surface area (Å²) >= 11 is 0. The number of hydrogen-bond acceptors (Lipinski definition) is 5. The number of aromatic nitrogens is 2. The van der Waals surface area contributed by atoms with E-state index in [1.54, 1.807) is 31.5 Å². The SMILES string of the molecule is CCOC(=O)c1cn(C2CCN(Cc3ccccc3)CC2)c2ncccc2c1=O. The van der Waals surface area contributed by atoms with Crippen molar-refractivity contribution in [2.75, 3.05) is 19.7 Å². The predicted molar refractivity (Wildman–Crippen MR) is 112 cm³/mol. The van der Waals surface area contributed by atoms with E-state index in [1.165, 1.54) is 5.56 Å². The molecule has 0 atom stereocenters. The van der Waals surface area contributed by atoms with Gasteiger partial charge in [0, 0.05) is 38.1 Å². The topological polar surface area (TPSA) is 64.4 Å². The fourth-order valence-electron chi connectivity index (χ4n) is 4.01. The number of benzene rings is 1. The number of carbonyl (C=O) groups excluding carboxylic acids is 1. The van der Waals surface area contributed by atoms with E-state index in [1.807, 2.05) is 10.6 Å². The molecule has 1 aliphatic heterocycles. The summed E-state index contributed by atoms with van der Waals surface area (Å²) in [5, 5.41) is 0.463. The van der Waals surface area contributed by atoms with Crippen LogP contribution in [0, 0.1) is 0 Å². The van der Waals surface area contributed by atoms with Crippen molar-refractivity contribution in [1.82, 2.24) is 14.5 Å². The van der Waals surface area contributed by atoms with E-state index >= 15 is 0 Å². The van der Waals surface area contributed by atoms with E-state index in [0.717, 1.165) is 32.5 Å². The molecule has 0 saturated carbocycles. The summed E-state index contributed by atoms with van der Waals surface area (Å²) in [6, 6.07) is 14.1. The molecule has 1 saturated heterocycles. The van der Waals surface area contributed by atoms with Gasteiger partial charge in [-0.1, -0.05) is 30.3 Å². The predicted octanol–water partition coefficient (Wildman–Crippen LogP) is 3.41. The molecule has 150 valence electrons. The Hall–Kier alpha value is -2.99. The number of hydrogen-bond donors (Lipinski definition) is 0. The number of pyridine rings is 2. The molecule has 4 rings (SSSR count). The molecule has 0 unspecified atom stereocenters. The zero-order valence-electron chi connectivity index (χ0n) is 16.6. The van der Waals surface area contributed by atoms with Gasteiger partial charge >= 0.3 is 5.97 Å². The van der Waals surface area contributed by atoms with Crippen molar-refractivity contribution < 1.29 is 9.53 Å². The van der Waals surface area contributed by atoms with Crippen molar-refractivity contribution in [3.05, 3.63) is 76.2 Å². The van der Waals surface area contributed by atoms with E-state index in [4.69, 9.17) is 4.74 Å². The Balaban J connectivity index is 1.60. The van der Waals surface area contributed by atoms with E-state index < -0.39 is 5.97 Å². The van der Waals surface area contributed by atoms with Crippen molar-refractivity contribution in [2.24, 2.45) is 0 Å². The number of carbonyl (C=O) groups is 1. The van der Waals surface area contributed by atoms with E-state index in [2.05, 4.69) is 34.1 Å². The maximum atomic E-state index is 12.8. The lowest BCUT2D eigenvalue weighted by Crippen LogP contribution is -2.35. The first-order valence-electron chi connectivity index (χ1n) is 10.1. The highest BCUT2D eigenvalue weighted by Crippen LogP contribution is 2.26. The lowest BCUT2D eigenvalue weighted by molar-refractivity contribution is 0.0523. The molecule has 0 N–H and O–H groups in total. The number of rotatable bonds is 5. The van der Waals surface area contributed by atoms with Crippen LogP contribution in [0.15, 0.2) is 59.7 Å². The number of esters is 1. The highest BCUT2D eigenvalue weighted by Gasteiger charge is 2.24. The van der Waals surface area contributed by atoms with Gasteiger partial charge in [0.2, 0.25) is 5.43 Å². The van der Waals surface area contributed by atoms with Crippen LogP contribution >= 0.6 is 0 Å². The molecule has 29 heavy (non-hydrogen) atoms. The van der Waals surface area contributed by atoms with Crippen LogP contribution in [0.2, 0.25) is 0 Å². The van der Waals surface area contributed by atoms with Crippen LogP contribution in [0.25, 0.3) is 11.0 Å². The third kappa shape index (κ3) is 4.07. The molecular weight excluding hydrogens is 366 g/mol. The van der Waals surface area contributed by atoms with Gasteiger partial charge in [-0.2, -0.15) is 0 Å². The fraction of sp³-hybridized carbons (Fsp3) is 0.348. The van der Waals surface area contributed by atoms with Crippen LogP contribution < -0.4 is 5.43 Å². The molecule has 0 aliphatic carbocycles. The molecule has 1 aliphatic rings. The van der Waals surface area contributed by atoms with Crippen molar-refractivity contribution in [2.45, 2.75) is 32.4 Å². The van der Waals surface area contributed by atoms with Crippen LogP contribution in [-0.4, -0.2) is 40.1 Å². The lowest BCUT2D eigenvalue weighted by atomic mass is 10.0. The average Bonchev–Trinajstić information content (AvgIpc) is 2.76. The zero-order valence-corrected chi connectivity index (χ0v) is 16.6. The maximum absolute atomic E-state index is 12.8. The summed E-state index contributed by atoms with van der Waals surface area (Å²) in [7, 11) is 0. The number of piperidine rings is 1. The van der Waals surface area contributed by atoms with Crippen LogP contribution in [0.4, 0.5) is 0 Å². The van der Waals surface area contributed by atoms with E-state index in [9.17, 15) is 9.59 Å². The second kappa shape index (κ2) is 8.57. The Morgan fingerprint density at radius 3 is 2.62 bits per heavy atom. The van der Waals surface area contributed by atoms with Gasteiger partial charge in [0.15, 0.2) is 0 Å². The van der Waals surface area contributed by atoms with Gasteiger partial charge in [-0.15, -0.1) is 0 Å². The zero-order chi connectivity index (χ0) is 20.2. The van der Waals surface area contributed by atoms with Crippen LogP contribution in [0.3, 0.4) is 0 Å². The highest BCUT2D eigenvalue weighted by atomic mass is 16.5. The Kier molecular flexibility index (Phi) is 5.71. The normalized spacial score (nSPS) is 15.5. The van der Waals surface area contributed by atoms with Crippen LogP contribution in [0.1, 0.15) is 41.7 Å². The number of ether oxygens (including phenoxy) is 1. The van der Waals surface area contributed by atoms with Crippen molar-refractivity contribution in [1.29, 1.82) is 0 Å². The molecule has 6 nitrogen and oxygen atoms in total. The Bertz CT molecular complexity index is 1050. The third-order valence-electron chi connectivity index (χ3n) is 5.48. The molecule has 1 aromatic carbocycles. The average molecular weight is 391 g/mol. The molecule has 6 heteroatoms. The molecule has 3 heterocycles. The molecule has 0 radical (unpaired) electrons. The first-order chi connectivity index (χ1) is 14.2. The molecule has 0 amide bonds. The monoisotopic (exact) mass is 391 g/mol. The summed E-state index contributed by atoms with van der Waals surface area (Å²) in [6.45, 7) is 4.82. The molecule has 2 aromatic heterocycles. The molecular formula is C23H25N3O3. The summed E-state index contributed by atoms with van der Waals surface area (Å²) in [6.07, 6.45) is 5.20. The summed E-state index contributed by atoms with van der Waals surface area (Å²) < 4.78 is 7.11. The van der Waals surface area contributed by atoms with Crippen molar-refractivity contribution >= 4 is 17.0 Å². The first kappa shape index (κ1) is 19.3. The van der Waals surface area contributed by atoms with E-state index in [0.29, 0.717) is 11.0 Å². The maximum Gasteiger partial charge on any atom is 0.343 e. The summed E-state index contributed by atoms with van der Waals surface area (Å²) in [5.74, 6) is -0.571. The van der Waals surface area contributed by atoms with Gasteiger partial charge in [0.1, 0.15) is 11.2 Å². The van der Waals surface area contributed by atoms with Gasteiger partial charge < -0.3 is 9.30 Å². The standard InChI is InChI=1S/C23H25N3O3/c1-2-29-23(28)20-16-26(22-19(21(20)27)9-6-12-24-22)18-10-13-25(14-11-18)15-17-7-4-3-5-8-17/h3-9,12,16,18H,2,10-11,13-15H2,1H3. The Labute approximate surface area is 169 Å². The number of likely N-dealkylation sites (tertiary alicyclic amines) is 1. The van der Waals surface area contributed by atoms with Gasteiger partial charge in [0.05, 0.1) is 12.0 Å². The minimum absolute atomic E-state index is 0.0825. The second-order valence-electron chi connectivity index (χ2n) is 7.37. The number of nitrogens with zero attached hydrogens (tertiary/aromatic N) is 3.